The first-order valence-corrected chi connectivity index (χ1v) is 11.2. The fourth-order valence-electron chi connectivity index (χ4n) is 5.38. The van der Waals surface area contributed by atoms with Crippen LogP contribution in [0.1, 0.15) is 71.3 Å². The van der Waals surface area contributed by atoms with Crippen molar-refractivity contribution < 1.29 is 9.59 Å². The molecule has 1 aromatic rings. The summed E-state index contributed by atoms with van der Waals surface area (Å²) in [5.41, 5.74) is 1.02. The molecule has 29 heavy (non-hydrogen) atoms. The minimum atomic E-state index is -0.734. The topological polar surface area (TPSA) is 70.2 Å². The van der Waals surface area contributed by atoms with Crippen LogP contribution in [-0.2, 0) is 15.0 Å². The maximum absolute atomic E-state index is 13.3. The van der Waals surface area contributed by atoms with Gasteiger partial charge < -0.3 is 16.0 Å². The summed E-state index contributed by atoms with van der Waals surface area (Å²) in [6.07, 6.45) is 6.99. The van der Waals surface area contributed by atoms with Crippen LogP contribution in [0.3, 0.4) is 0 Å². The monoisotopic (exact) mass is 417 g/mol. The molecule has 1 aromatic carbocycles. The summed E-state index contributed by atoms with van der Waals surface area (Å²) in [6, 6.07) is 5.40. The van der Waals surface area contributed by atoms with Crippen LogP contribution < -0.4 is 16.0 Å². The van der Waals surface area contributed by atoms with Gasteiger partial charge in [-0.15, -0.1) is 0 Å². The molecule has 3 atom stereocenters. The Bertz CT molecular complexity index is 813. The van der Waals surface area contributed by atoms with Crippen LogP contribution >= 0.6 is 11.6 Å². The van der Waals surface area contributed by atoms with Crippen LogP contribution in [0.25, 0.3) is 0 Å². The van der Waals surface area contributed by atoms with E-state index in [1.807, 2.05) is 18.2 Å². The van der Waals surface area contributed by atoms with Crippen LogP contribution in [0.15, 0.2) is 18.2 Å². The number of hydrogen-bond donors (Lipinski definition) is 3. The molecule has 5 nitrogen and oxygen atoms in total. The third kappa shape index (κ3) is 3.91. The molecule has 0 aromatic heterocycles. The van der Waals surface area contributed by atoms with E-state index in [4.69, 9.17) is 11.6 Å². The molecule has 2 aliphatic heterocycles. The summed E-state index contributed by atoms with van der Waals surface area (Å²) < 4.78 is 0. The van der Waals surface area contributed by atoms with E-state index < -0.39 is 5.41 Å². The maximum atomic E-state index is 13.3. The lowest BCUT2D eigenvalue weighted by atomic mass is 9.70. The number of fused-ring (bicyclic) bond motifs is 2. The SMILES string of the molecule is CC(C)(C)C[C@H]1NC(C(=O)NC2CCCCC2)C[C@@]12C(=O)Nc1cc(Cl)ccc12. The summed E-state index contributed by atoms with van der Waals surface area (Å²) in [6.45, 7) is 6.52. The molecular formula is C23H32ClN3O2. The Hall–Kier alpha value is -1.59. The van der Waals surface area contributed by atoms with Gasteiger partial charge in [-0.05, 0) is 48.8 Å². The highest BCUT2D eigenvalue weighted by Crippen LogP contribution is 2.50. The molecule has 2 heterocycles. The smallest absolute Gasteiger partial charge is 0.237 e. The molecule has 0 radical (unpaired) electrons. The zero-order valence-corrected chi connectivity index (χ0v) is 18.4. The first-order valence-electron chi connectivity index (χ1n) is 10.9. The van der Waals surface area contributed by atoms with Crippen molar-refractivity contribution in [3.8, 4) is 0 Å². The number of halogens is 1. The standard InChI is InChI=1S/C23H32ClN3O2/c1-22(2,3)13-19-23(16-10-9-14(24)11-17(16)27-21(23)29)12-18(26-19)20(28)25-15-7-5-4-6-8-15/h9-11,15,18-19,26H,4-8,12-13H2,1-3H3,(H,25,28)(H,27,29)/t18?,19-,23+/m1/s1. The number of amides is 2. The number of carbonyl (C=O) groups is 2. The van der Waals surface area contributed by atoms with Crippen molar-refractivity contribution in [3.05, 3.63) is 28.8 Å². The average Bonchev–Trinajstić information content (AvgIpc) is 3.14. The molecule has 3 N–H and O–H groups in total. The van der Waals surface area contributed by atoms with E-state index in [2.05, 4.69) is 36.7 Å². The van der Waals surface area contributed by atoms with E-state index in [0.717, 1.165) is 30.5 Å². The Labute approximate surface area is 178 Å². The van der Waals surface area contributed by atoms with E-state index in [1.165, 1.54) is 19.3 Å². The molecule has 158 valence electrons. The summed E-state index contributed by atoms with van der Waals surface area (Å²) in [5.74, 6) is 0.00683. The molecule has 6 heteroatoms. The second-order valence-corrected chi connectivity index (χ2v) is 10.6. The van der Waals surface area contributed by atoms with Gasteiger partial charge in [-0.1, -0.05) is 57.7 Å². The molecule has 2 amide bonds. The fourth-order valence-corrected chi connectivity index (χ4v) is 5.56. The Kier molecular flexibility index (Phi) is 5.41. The van der Waals surface area contributed by atoms with Gasteiger partial charge in [-0.25, -0.2) is 0 Å². The summed E-state index contributed by atoms with van der Waals surface area (Å²) in [4.78, 5) is 26.4. The highest BCUT2D eigenvalue weighted by Gasteiger charge is 2.59. The molecule has 1 spiro atoms. The lowest BCUT2D eigenvalue weighted by Gasteiger charge is -2.33. The van der Waals surface area contributed by atoms with Crippen molar-refractivity contribution >= 4 is 29.1 Å². The van der Waals surface area contributed by atoms with Crippen molar-refractivity contribution in [3.63, 3.8) is 0 Å². The van der Waals surface area contributed by atoms with E-state index in [1.54, 1.807) is 0 Å². The lowest BCUT2D eigenvalue weighted by Crippen LogP contribution is -2.49. The van der Waals surface area contributed by atoms with E-state index in [-0.39, 0.29) is 35.4 Å². The zero-order valence-electron chi connectivity index (χ0n) is 17.6. The molecule has 4 rings (SSSR count). The van der Waals surface area contributed by atoms with Crippen molar-refractivity contribution in [1.82, 2.24) is 10.6 Å². The van der Waals surface area contributed by atoms with E-state index in [0.29, 0.717) is 11.4 Å². The van der Waals surface area contributed by atoms with Gasteiger partial charge in [0, 0.05) is 22.8 Å². The van der Waals surface area contributed by atoms with Crippen LogP contribution in [0.4, 0.5) is 5.69 Å². The molecule has 1 saturated heterocycles. The summed E-state index contributed by atoms with van der Waals surface area (Å²) in [7, 11) is 0. The van der Waals surface area contributed by atoms with Crippen molar-refractivity contribution in [2.24, 2.45) is 5.41 Å². The van der Waals surface area contributed by atoms with Crippen LogP contribution in [-0.4, -0.2) is 29.9 Å². The normalized spacial score (nSPS) is 29.7. The maximum Gasteiger partial charge on any atom is 0.237 e. The highest BCUT2D eigenvalue weighted by molar-refractivity contribution is 6.31. The number of hydrogen-bond acceptors (Lipinski definition) is 3. The lowest BCUT2D eigenvalue weighted by molar-refractivity contribution is -0.124. The van der Waals surface area contributed by atoms with Crippen molar-refractivity contribution in [2.45, 2.75) is 89.3 Å². The second kappa shape index (κ2) is 7.59. The number of carbonyl (C=O) groups excluding carboxylic acids is 2. The zero-order chi connectivity index (χ0) is 20.8. The Balaban J connectivity index is 1.63. The predicted molar refractivity (Wildman–Crippen MR) is 116 cm³/mol. The highest BCUT2D eigenvalue weighted by atomic mass is 35.5. The van der Waals surface area contributed by atoms with Crippen LogP contribution in [0, 0.1) is 5.41 Å². The molecular weight excluding hydrogens is 386 g/mol. The summed E-state index contributed by atoms with van der Waals surface area (Å²) >= 11 is 6.17. The third-order valence-corrected chi connectivity index (χ3v) is 6.96. The van der Waals surface area contributed by atoms with Gasteiger partial charge in [0.05, 0.1) is 11.5 Å². The number of nitrogens with one attached hydrogen (secondary N) is 3. The quantitative estimate of drug-likeness (QED) is 0.692. The van der Waals surface area contributed by atoms with E-state index in [9.17, 15) is 9.59 Å². The molecule has 1 aliphatic carbocycles. The Morgan fingerprint density at radius 1 is 1.24 bits per heavy atom. The van der Waals surface area contributed by atoms with Crippen molar-refractivity contribution in [2.75, 3.05) is 5.32 Å². The average molecular weight is 418 g/mol. The minimum absolute atomic E-state index is 0.0227. The first-order chi connectivity index (χ1) is 13.7. The van der Waals surface area contributed by atoms with Gasteiger partial charge >= 0.3 is 0 Å². The summed E-state index contributed by atoms with van der Waals surface area (Å²) in [5, 5.41) is 10.4. The van der Waals surface area contributed by atoms with Gasteiger partial charge in [-0.3, -0.25) is 9.59 Å². The Morgan fingerprint density at radius 3 is 2.66 bits per heavy atom. The predicted octanol–water partition coefficient (Wildman–Crippen LogP) is 4.15. The Morgan fingerprint density at radius 2 is 1.97 bits per heavy atom. The number of rotatable bonds is 3. The van der Waals surface area contributed by atoms with Gasteiger partial charge in [0.25, 0.3) is 0 Å². The first kappa shape index (κ1) is 20.7. The molecule has 1 saturated carbocycles. The van der Waals surface area contributed by atoms with Crippen molar-refractivity contribution in [1.29, 1.82) is 0 Å². The fraction of sp³-hybridized carbons (Fsp3) is 0.652. The molecule has 0 bridgehead atoms. The molecule has 1 unspecified atom stereocenters. The second-order valence-electron chi connectivity index (χ2n) is 10.2. The number of anilines is 1. The molecule has 2 fully saturated rings. The van der Waals surface area contributed by atoms with Gasteiger partial charge in [0.15, 0.2) is 0 Å². The third-order valence-electron chi connectivity index (χ3n) is 6.72. The van der Waals surface area contributed by atoms with Crippen LogP contribution in [0.5, 0.6) is 0 Å². The largest absolute Gasteiger partial charge is 0.352 e. The van der Waals surface area contributed by atoms with Gasteiger partial charge in [0.1, 0.15) is 0 Å². The number of benzene rings is 1. The van der Waals surface area contributed by atoms with Crippen LogP contribution in [0.2, 0.25) is 5.02 Å². The van der Waals surface area contributed by atoms with E-state index >= 15 is 0 Å². The van der Waals surface area contributed by atoms with Gasteiger partial charge in [-0.2, -0.15) is 0 Å². The molecule has 3 aliphatic rings. The van der Waals surface area contributed by atoms with Gasteiger partial charge in [0.2, 0.25) is 11.8 Å². The minimum Gasteiger partial charge on any atom is -0.352 e.